The lowest BCUT2D eigenvalue weighted by Crippen LogP contribution is -2.42. The molecule has 2 fully saturated rings. The highest BCUT2D eigenvalue weighted by Crippen LogP contribution is 2.40. The Labute approximate surface area is 219 Å². The van der Waals surface area contributed by atoms with Crippen molar-refractivity contribution in [3.8, 4) is 5.75 Å². The predicted octanol–water partition coefficient (Wildman–Crippen LogP) is 4.53. The summed E-state index contributed by atoms with van der Waals surface area (Å²) in [5.41, 5.74) is 2.53. The number of hydrogen-bond acceptors (Lipinski definition) is 6. The fourth-order valence-electron chi connectivity index (χ4n) is 4.78. The molecule has 0 spiro atoms. The highest BCUT2D eigenvalue weighted by Gasteiger charge is 2.46. The van der Waals surface area contributed by atoms with Gasteiger partial charge in [-0.3, -0.25) is 14.5 Å². The van der Waals surface area contributed by atoms with Crippen molar-refractivity contribution in [2.45, 2.75) is 45.6 Å². The number of rotatable bonds is 8. The largest absolute Gasteiger partial charge is 0.507 e. The predicted molar refractivity (Wildman–Crippen MR) is 144 cm³/mol. The first kappa shape index (κ1) is 26.9. The summed E-state index contributed by atoms with van der Waals surface area (Å²) in [5.74, 6) is -0.712. The standard InChI is InChI=1S/C30H38N2O5/c1-5-18-37-24-12-8-22(9-13-24)27(33)25-26(21-6-10-23(11-7-21)30(2,3)4)32(29(35)28(25)34)15-14-31-16-19-36-20-17-31/h6-13,26,33H,5,14-20H2,1-4H3/t26-/m0/s1. The van der Waals surface area contributed by atoms with Crippen molar-refractivity contribution in [3.63, 3.8) is 0 Å². The van der Waals surface area contributed by atoms with Gasteiger partial charge in [-0.25, -0.2) is 0 Å². The Balaban J connectivity index is 1.70. The molecule has 0 bridgehead atoms. The summed E-state index contributed by atoms with van der Waals surface area (Å²) >= 11 is 0. The molecule has 0 radical (unpaired) electrons. The van der Waals surface area contributed by atoms with Crippen LogP contribution in [0.15, 0.2) is 54.1 Å². The van der Waals surface area contributed by atoms with Gasteiger partial charge in [-0.15, -0.1) is 0 Å². The first-order valence-electron chi connectivity index (χ1n) is 13.1. The zero-order chi connectivity index (χ0) is 26.6. The Morgan fingerprint density at radius 1 is 1.00 bits per heavy atom. The fraction of sp³-hybridized carbons (Fsp3) is 0.467. The van der Waals surface area contributed by atoms with Gasteiger partial charge in [0.2, 0.25) is 0 Å². The Hall–Kier alpha value is -3.16. The molecule has 1 amide bonds. The maximum absolute atomic E-state index is 13.3. The van der Waals surface area contributed by atoms with Gasteiger partial charge in [0, 0.05) is 31.7 Å². The zero-order valence-corrected chi connectivity index (χ0v) is 22.3. The number of ketones is 1. The molecular weight excluding hydrogens is 468 g/mol. The minimum atomic E-state index is -0.661. The maximum Gasteiger partial charge on any atom is 0.295 e. The van der Waals surface area contributed by atoms with E-state index >= 15 is 0 Å². The van der Waals surface area contributed by atoms with Crippen LogP contribution in [0.3, 0.4) is 0 Å². The number of amides is 1. The van der Waals surface area contributed by atoms with Gasteiger partial charge in [-0.2, -0.15) is 0 Å². The number of morpholine rings is 1. The summed E-state index contributed by atoms with van der Waals surface area (Å²) in [5, 5.41) is 11.3. The molecule has 0 saturated carbocycles. The highest BCUT2D eigenvalue weighted by atomic mass is 16.5. The van der Waals surface area contributed by atoms with E-state index in [2.05, 4.69) is 25.7 Å². The van der Waals surface area contributed by atoms with Crippen molar-refractivity contribution in [1.82, 2.24) is 9.80 Å². The van der Waals surface area contributed by atoms with Gasteiger partial charge in [0.25, 0.3) is 11.7 Å². The van der Waals surface area contributed by atoms with Crippen LogP contribution in [0.1, 0.15) is 56.8 Å². The molecular formula is C30H38N2O5. The first-order valence-corrected chi connectivity index (χ1v) is 13.1. The van der Waals surface area contributed by atoms with Crippen LogP contribution in [0, 0.1) is 0 Å². The summed E-state index contributed by atoms with van der Waals surface area (Å²) in [6.07, 6.45) is 0.892. The second-order valence-corrected chi connectivity index (χ2v) is 10.7. The van der Waals surface area contributed by atoms with Crippen LogP contribution in [0.4, 0.5) is 0 Å². The number of carbonyl (C=O) groups is 2. The molecule has 2 saturated heterocycles. The first-order chi connectivity index (χ1) is 17.7. The van der Waals surface area contributed by atoms with Crippen LogP contribution in [-0.2, 0) is 19.7 Å². The molecule has 2 aliphatic rings. The average molecular weight is 507 g/mol. The third-order valence-electron chi connectivity index (χ3n) is 6.99. The number of likely N-dealkylation sites (tertiary alicyclic amines) is 1. The molecule has 37 heavy (non-hydrogen) atoms. The summed E-state index contributed by atoms with van der Waals surface area (Å²) in [6, 6.07) is 14.3. The summed E-state index contributed by atoms with van der Waals surface area (Å²) in [7, 11) is 0. The van der Waals surface area contributed by atoms with Gasteiger partial charge in [0.15, 0.2) is 0 Å². The molecule has 1 N–H and O–H groups in total. The minimum absolute atomic E-state index is 0.0295. The lowest BCUT2D eigenvalue weighted by atomic mass is 9.85. The Morgan fingerprint density at radius 3 is 2.24 bits per heavy atom. The maximum atomic E-state index is 13.3. The van der Waals surface area contributed by atoms with Crippen LogP contribution in [0.25, 0.3) is 5.76 Å². The molecule has 2 heterocycles. The molecule has 198 valence electrons. The second-order valence-electron chi connectivity index (χ2n) is 10.7. The molecule has 7 nitrogen and oxygen atoms in total. The van der Waals surface area contributed by atoms with Gasteiger partial charge < -0.3 is 19.5 Å². The Morgan fingerprint density at radius 2 is 1.65 bits per heavy atom. The van der Waals surface area contributed by atoms with Crippen molar-refractivity contribution in [1.29, 1.82) is 0 Å². The van der Waals surface area contributed by atoms with E-state index in [4.69, 9.17) is 9.47 Å². The van der Waals surface area contributed by atoms with E-state index in [1.807, 2.05) is 31.2 Å². The molecule has 2 aromatic carbocycles. The smallest absolute Gasteiger partial charge is 0.295 e. The quantitative estimate of drug-likeness (QED) is 0.322. The number of ether oxygens (including phenoxy) is 2. The van der Waals surface area contributed by atoms with Gasteiger partial charge in [0.1, 0.15) is 11.5 Å². The molecule has 2 aromatic rings. The van der Waals surface area contributed by atoms with Crippen molar-refractivity contribution in [2.24, 2.45) is 0 Å². The van der Waals surface area contributed by atoms with E-state index in [-0.39, 0.29) is 16.7 Å². The number of Topliss-reactive ketones (excluding diaryl/α,β-unsaturated/α-hetero) is 1. The number of carbonyl (C=O) groups excluding carboxylic acids is 2. The third-order valence-corrected chi connectivity index (χ3v) is 6.99. The Bertz CT molecular complexity index is 1130. The van der Waals surface area contributed by atoms with Crippen LogP contribution >= 0.6 is 0 Å². The molecule has 2 aliphatic heterocycles. The third kappa shape index (κ3) is 6.05. The van der Waals surface area contributed by atoms with Gasteiger partial charge in [-0.05, 0) is 47.2 Å². The summed E-state index contributed by atoms with van der Waals surface area (Å²) in [4.78, 5) is 30.4. The lowest BCUT2D eigenvalue weighted by Gasteiger charge is -2.31. The van der Waals surface area contributed by atoms with E-state index in [0.717, 1.165) is 30.6 Å². The van der Waals surface area contributed by atoms with E-state index < -0.39 is 17.7 Å². The van der Waals surface area contributed by atoms with E-state index in [0.29, 0.717) is 44.2 Å². The molecule has 0 aromatic heterocycles. The number of nitrogens with zero attached hydrogens (tertiary/aromatic N) is 2. The van der Waals surface area contributed by atoms with Crippen molar-refractivity contribution in [2.75, 3.05) is 46.0 Å². The topological polar surface area (TPSA) is 79.3 Å². The van der Waals surface area contributed by atoms with Crippen molar-refractivity contribution in [3.05, 3.63) is 70.8 Å². The number of benzene rings is 2. The van der Waals surface area contributed by atoms with E-state index in [9.17, 15) is 14.7 Å². The highest BCUT2D eigenvalue weighted by molar-refractivity contribution is 6.46. The SMILES string of the molecule is CCCOc1ccc(C(O)=C2C(=O)C(=O)N(CCN3CCOCC3)[C@H]2c2ccc(C(C)(C)C)cc2)cc1. The number of aliphatic hydroxyl groups is 1. The molecule has 0 unspecified atom stereocenters. The number of aliphatic hydroxyl groups excluding tert-OH is 1. The second kappa shape index (κ2) is 11.5. The molecule has 7 heteroatoms. The van der Waals surface area contributed by atoms with Crippen molar-refractivity contribution < 1.29 is 24.2 Å². The Kier molecular flexibility index (Phi) is 8.35. The van der Waals surface area contributed by atoms with E-state index in [1.165, 1.54) is 0 Å². The zero-order valence-electron chi connectivity index (χ0n) is 22.3. The number of hydrogen-bond donors (Lipinski definition) is 1. The van der Waals surface area contributed by atoms with Crippen LogP contribution in [-0.4, -0.2) is 72.6 Å². The molecule has 1 atom stereocenters. The normalized spacial score (nSPS) is 20.4. The van der Waals surface area contributed by atoms with Crippen molar-refractivity contribution >= 4 is 17.4 Å². The van der Waals surface area contributed by atoms with Crippen LogP contribution < -0.4 is 4.74 Å². The average Bonchev–Trinajstić information content (AvgIpc) is 3.15. The fourth-order valence-corrected chi connectivity index (χ4v) is 4.78. The minimum Gasteiger partial charge on any atom is -0.507 e. The lowest BCUT2D eigenvalue weighted by molar-refractivity contribution is -0.140. The molecule has 0 aliphatic carbocycles. The van der Waals surface area contributed by atoms with Gasteiger partial charge >= 0.3 is 0 Å². The van der Waals surface area contributed by atoms with Gasteiger partial charge in [0.05, 0.1) is 31.4 Å². The monoisotopic (exact) mass is 506 g/mol. The van der Waals surface area contributed by atoms with E-state index in [1.54, 1.807) is 29.2 Å². The van der Waals surface area contributed by atoms with Gasteiger partial charge in [-0.1, -0.05) is 52.0 Å². The summed E-state index contributed by atoms with van der Waals surface area (Å²) in [6.45, 7) is 13.0. The summed E-state index contributed by atoms with van der Waals surface area (Å²) < 4.78 is 11.1. The van der Waals surface area contributed by atoms with Crippen LogP contribution in [0.5, 0.6) is 5.75 Å². The van der Waals surface area contributed by atoms with Crippen LogP contribution in [0.2, 0.25) is 0 Å². The molecule has 4 rings (SSSR count).